The lowest BCUT2D eigenvalue weighted by Crippen LogP contribution is -2.07. The molecule has 0 spiro atoms. The molecule has 0 aromatic carbocycles. The second-order valence-corrected chi connectivity index (χ2v) is 3.67. The highest BCUT2D eigenvalue weighted by Gasteiger charge is 2.02. The molecule has 2 aromatic rings. The highest BCUT2D eigenvalue weighted by Crippen LogP contribution is 2.15. The van der Waals surface area contributed by atoms with E-state index in [1.54, 1.807) is 6.20 Å². The third kappa shape index (κ3) is 1.62. The average molecular weight is 193 g/mol. The van der Waals surface area contributed by atoms with E-state index in [-0.39, 0.29) is 5.37 Å². The normalized spacial score (nSPS) is 13.1. The zero-order valence-corrected chi connectivity index (χ0v) is 8.20. The van der Waals surface area contributed by atoms with E-state index in [9.17, 15) is 0 Å². The number of aromatic nitrogens is 2. The van der Waals surface area contributed by atoms with Crippen LogP contribution in [0.15, 0.2) is 30.7 Å². The van der Waals surface area contributed by atoms with Crippen molar-refractivity contribution in [3.8, 4) is 0 Å². The topological polar surface area (TPSA) is 29.3 Å². The van der Waals surface area contributed by atoms with Crippen LogP contribution in [0, 0.1) is 0 Å². The van der Waals surface area contributed by atoms with Gasteiger partial charge in [-0.2, -0.15) is 12.6 Å². The maximum atomic E-state index is 4.27. The van der Waals surface area contributed by atoms with Gasteiger partial charge in [0.25, 0.3) is 0 Å². The van der Waals surface area contributed by atoms with E-state index in [1.807, 2.05) is 35.9 Å². The molecule has 0 radical (unpaired) electrons. The first-order valence-electron chi connectivity index (χ1n) is 4.13. The van der Waals surface area contributed by atoms with Crippen molar-refractivity contribution in [3.63, 3.8) is 0 Å². The zero-order chi connectivity index (χ0) is 9.26. The van der Waals surface area contributed by atoms with Gasteiger partial charge in [-0.05, 0) is 19.1 Å². The molecule has 1 unspecified atom stereocenters. The number of anilines is 1. The van der Waals surface area contributed by atoms with E-state index in [0.29, 0.717) is 0 Å². The van der Waals surface area contributed by atoms with Crippen LogP contribution < -0.4 is 5.32 Å². The fourth-order valence-electron chi connectivity index (χ4n) is 1.29. The van der Waals surface area contributed by atoms with Gasteiger partial charge in [-0.1, -0.05) is 0 Å². The third-order valence-corrected chi connectivity index (χ3v) is 1.91. The van der Waals surface area contributed by atoms with Gasteiger partial charge in [0, 0.05) is 18.6 Å². The molecule has 0 aliphatic carbocycles. The maximum Gasteiger partial charge on any atom is 0.160 e. The van der Waals surface area contributed by atoms with Crippen LogP contribution in [-0.4, -0.2) is 14.8 Å². The Morgan fingerprint density at radius 2 is 2.38 bits per heavy atom. The Labute approximate surface area is 82.2 Å². The van der Waals surface area contributed by atoms with Crippen molar-refractivity contribution in [3.05, 3.63) is 30.7 Å². The quantitative estimate of drug-likeness (QED) is 0.564. The molecule has 0 aliphatic rings. The Morgan fingerprint density at radius 3 is 3.15 bits per heavy atom. The Morgan fingerprint density at radius 1 is 1.54 bits per heavy atom. The first-order chi connectivity index (χ1) is 6.27. The molecule has 68 valence electrons. The minimum atomic E-state index is 0.128. The molecule has 0 fully saturated rings. The molecular formula is C9H11N3S. The predicted molar refractivity (Wildman–Crippen MR) is 57.3 cm³/mol. The van der Waals surface area contributed by atoms with E-state index in [1.165, 1.54) is 0 Å². The van der Waals surface area contributed by atoms with Gasteiger partial charge >= 0.3 is 0 Å². The molecule has 0 saturated heterocycles. The van der Waals surface area contributed by atoms with Crippen LogP contribution in [0.5, 0.6) is 0 Å². The molecular weight excluding hydrogens is 182 g/mol. The predicted octanol–water partition coefficient (Wildman–Crippen LogP) is 2.02. The van der Waals surface area contributed by atoms with Crippen molar-refractivity contribution in [2.24, 2.45) is 0 Å². The lowest BCUT2D eigenvalue weighted by molar-refractivity contribution is 1.11. The summed E-state index contributed by atoms with van der Waals surface area (Å²) in [5.74, 6) is 0. The van der Waals surface area contributed by atoms with Gasteiger partial charge < -0.3 is 9.72 Å². The largest absolute Gasteiger partial charge is 0.371 e. The number of nitrogens with one attached hydrogen (secondary N) is 1. The summed E-state index contributed by atoms with van der Waals surface area (Å²) in [7, 11) is 0. The molecule has 0 saturated carbocycles. The Balaban J connectivity index is 2.48. The summed E-state index contributed by atoms with van der Waals surface area (Å²) in [5, 5.41) is 3.34. The molecule has 2 rings (SSSR count). The first kappa shape index (κ1) is 8.44. The number of rotatable bonds is 2. The molecule has 13 heavy (non-hydrogen) atoms. The number of hydrogen-bond donors (Lipinski definition) is 2. The van der Waals surface area contributed by atoms with E-state index < -0.39 is 0 Å². The van der Waals surface area contributed by atoms with E-state index in [2.05, 4.69) is 22.9 Å². The molecule has 0 amide bonds. The number of imidazole rings is 1. The molecule has 4 heteroatoms. The van der Waals surface area contributed by atoms with Crippen molar-refractivity contribution in [2.75, 3.05) is 5.32 Å². The van der Waals surface area contributed by atoms with Gasteiger partial charge in [-0.25, -0.2) is 4.98 Å². The minimum Gasteiger partial charge on any atom is -0.371 e. The van der Waals surface area contributed by atoms with Gasteiger partial charge in [0.1, 0.15) is 0 Å². The fraction of sp³-hybridized carbons (Fsp3) is 0.222. The van der Waals surface area contributed by atoms with E-state index in [4.69, 9.17) is 0 Å². The van der Waals surface area contributed by atoms with E-state index >= 15 is 0 Å². The molecule has 0 bridgehead atoms. The van der Waals surface area contributed by atoms with Gasteiger partial charge in [0.2, 0.25) is 0 Å². The molecule has 0 aliphatic heterocycles. The number of thiol groups is 1. The summed E-state index contributed by atoms with van der Waals surface area (Å²) >= 11 is 4.27. The van der Waals surface area contributed by atoms with Crippen molar-refractivity contribution in [2.45, 2.75) is 12.3 Å². The standard InChI is InChI=1S/C9H11N3S/c1-7(13)11-8-3-2-5-12-6-4-10-9(8)12/h2-7,11,13H,1H3. The Kier molecular flexibility index (Phi) is 2.14. The van der Waals surface area contributed by atoms with E-state index in [0.717, 1.165) is 11.3 Å². The zero-order valence-electron chi connectivity index (χ0n) is 7.31. The van der Waals surface area contributed by atoms with Crippen LogP contribution in [0.4, 0.5) is 5.69 Å². The lowest BCUT2D eigenvalue weighted by Gasteiger charge is -2.09. The van der Waals surface area contributed by atoms with Crippen molar-refractivity contribution >= 4 is 24.0 Å². The SMILES string of the molecule is CC(S)Nc1cccn2ccnc12. The summed E-state index contributed by atoms with van der Waals surface area (Å²) in [6, 6.07) is 3.97. The number of nitrogens with zero attached hydrogens (tertiary/aromatic N) is 2. The summed E-state index contributed by atoms with van der Waals surface area (Å²) in [4.78, 5) is 4.24. The minimum absolute atomic E-state index is 0.128. The number of pyridine rings is 1. The van der Waals surface area contributed by atoms with Crippen molar-refractivity contribution in [1.29, 1.82) is 0 Å². The Bertz CT molecular complexity index is 408. The number of hydrogen-bond acceptors (Lipinski definition) is 3. The van der Waals surface area contributed by atoms with Crippen molar-refractivity contribution < 1.29 is 0 Å². The van der Waals surface area contributed by atoms with Crippen LogP contribution in [0.1, 0.15) is 6.92 Å². The monoisotopic (exact) mass is 193 g/mol. The number of fused-ring (bicyclic) bond motifs is 1. The second-order valence-electron chi connectivity index (χ2n) is 2.90. The summed E-state index contributed by atoms with van der Waals surface area (Å²) < 4.78 is 1.97. The summed E-state index contributed by atoms with van der Waals surface area (Å²) in [5.41, 5.74) is 1.94. The molecule has 2 heterocycles. The highest BCUT2D eigenvalue weighted by atomic mass is 32.1. The van der Waals surface area contributed by atoms with Crippen molar-refractivity contribution in [1.82, 2.24) is 9.38 Å². The van der Waals surface area contributed by atoms with Crippen LogP contribution in [0.3, 0.4) is 0 Å². The summed E-state index contributed by atoms with van der Waals surface area (Å²) in [6.07, 6.45) is 5.67. The van der Waals surface area contributed by atoms with Crippen LogP contribution in [0.2, 0.25) is 0 Å². The van der Waals surface area contributed by atoms with Gasteiger partial charge in [0.05, 0.1) is 11.1 Å². The Hall–Kier alpha value is -1.16. The van der Waals surface area contributed by atoms with Gasteiger partial charge in [-0.3, -0.25) is 0 Å². The molecule has 1 N–H and O–H groups in total. The van der Waals surface area contributed by atoms with Gasteiger partial charge in [0.15, 0.2) is 5.65 Å². The van der Waals surface area contributed by atoms with Gasteiger partial charge in [-0.15, -0.1) is 0 Å². The third-order valence-electron chi connectivity index (χ3n) is 1.78. The summed E-state index contributed by atoms with van der Waals surface area (Å²) in [6.45, 7) is 1.98. The fourth-order valence-corrected chi connectivity index (χ4v) is 1.43. The van der Waals surface area contributed by atoms with Crippen LogP contribution >= 0.6 is 12.6 Å². The van der Waals surface area contributed by atoms with Crippen LogP contribution in [-0.2, 0) is 0 Å². The second kappa shape index (κ2) is 3.30. The maximum absolute atomic E-state index is 4.27. The lowest BCUT2D eigenvalue weighted by atomic mass is 10.4. The molecule has 2 aromatic heterocycles. The smallest absolute Gasteiger partial charge is 0.160 e. The highest BCUT2D eigenvalue weighted by molar-refractivity contribution is 7.81. The molecule has 1 atom stereocenters. The van der Waals surface area contributed by atoms with Crippen LogP contribution in [0.25, 0.3) is 5.65 Å². The first-order valence-corrected chi connectivity index (χ1v) is 4.65. The molecule has 3 nitrogen and oxygen atoms in total. The average Bonchev–Trinajstić information content (AvgIpc) is 2.51.